The van der Waals surface area contributed by atoms with Crippen molar-refractivity contribution in [3.63, 3.8) is 0 Å². The zero-order chi connectivity index (χ0) is 15.0. The lowest BCUT2D eigenvalue weighted by Gasteiger charge is -2.14. The third kappa shape index (κ3) is 2.88. The molecule has 0 radical (unpaired) electrons. The van der Waals surface area contributed by atoms with Crippen LogP contribution < -0.4 is 10.5 Å². The summed E-state index contributed by atoms with van der Waals surface area (Å²) in [7, 11) is 0. The molecule has 0 fully saturated rings. The maximum absolute atomic E-state index is 12.5. The highest BCUT2D eigenvalue weighted by Crippen LogP contribution is 2.37. The number of fused-ring (bicyclic) bond motifs is 1. The fourth-order valence-electron chi connectivity index (χ4n) is 2.74. The lowest BCUT2D eigenvalue weighted by atomic mass is 9.99. The summed E-state index contributed by atoms with van der Waals surface area (Å²) in [5, 5.41) is 0. The fourth-order valence-corrected chi connectivity index (χ4v) is 2.74. The van der Waals surface area contributed by atoms with Gasteiger partial charge in [-0.25, -0.2) is 0 Å². The number of ether oxygens (including phenoxy) is 1. The summed E-state index contributed by atoms with van der Waals surface area (Å²) in [6, 6.07) is 11.8. The summed E-state index contributed by atoms with van der Waals surface area (Å²) in [5.74, 6) is -0.188. The molecule has 0 spiro atoms. The first kappa shape index (κ1) is 13.9. The van der Waals surface area contributed by atoms with Crippen LogP contribution in [0.3, 0.4) is 0 Å². The van der Waals surface area contributed by atoms with Crippen molar-refractivity contribution < 1.29 is 17.9 Å². The number of rotatable bonds is 2. The van der Waals surface area contributed by atoms with Crippen molar-refractivity contribution in [3.8, 4) is 16.9 Å². The van der Waals surface area contributed by atoms with E-state index in [0.29, 0.717) is 11.1 Å². The van der Waals surface area contributed by atoms with E-state index in [9.17, 15) is 13.2 Å². The van der Waals surface area contributed by atoms with Crippen molar-refractivity contribution in [2.75, 3.05) is 0 Å². The number of benzene rings is 2. The van der Waals surface area contributed by atoms with E-state index >= 15 is 0 Å². The van der Waals surface area contributed by atoms with Gasteiger partial charge in [-0.3, -0.25) is 0 Å². The van der Waals surface area contributed by atoms with Crippen molar-refractivity contribution in [3.05, 3.63) is 53.6 Å². The van der Waals surface area contributed by atoms with Gasteiger partial charge in [-0.2, -0.15) is 0 Å². The highest BCUT2D eigenvalue weighted by Gasteiger charge is 2.32. The minimum atomic E-state index is -4.70. The zero-order valence-electron chi connectivity index (χ0n) is 11.2. The number of hydrogen-bond acceptors (Lipinski definition) is 2. The molecule has 1 aliphatic rings. The van der Waals surface area contributed by atoms with Crippen molar-refractivity contribution in [1.29, 1.82) is 0 Å². The monoisotopic (exact) mass is 293 g/mol. The van der Waals surface area contributed by atoms with Crippen LogP contribution in [0.5, 0.6) is 5.75 Å². The van der Waals surface area contributed by atoms with Gasteiger partial charge in [-0.15, -0.1) is 13.2 Å². The minimum Gasteiger partial charge on any atom is -0.405 e. The second-order valence-corrected chi connectivity index (χ2v) is 5.10. The third-order valence-electron chi connectivity index (χ3n) is 3.69. The Morgan fingerprint density at radius 2 is 1.86 bits per heavy atom. The molecule has 0 saturated heterocycles. The van der Waals surface area contributed by atoms with Crippen molar-refractivity contribution in [2.45, 2.75) is 25.2 Å². The van der Waals surface area contributed by atoms with E-state index in [4.69, 9.17) is 5.73 Å². The Morgan fingerprint density at radius 1 is 1.10 bits per heavy atom. The lowest BCUT2D eigenvalue weighted by molar-refractivity contribution is -0.274. The zero-order valence-corrected chi connectivity index (χ0v) is 11.2. The molecular formula is C16H14F3NO. The molecule has 1 unspecified atom stereocenters. The van der Waals surface area contributed by atoms with Gasteiger partial charge in [-0.1, -0.05) is 36.4 Å². The molecule has 0 bridgehead atoms. The van der Waals surface area contributed by atoms with Crippen LogP contribution >= 0.6 is 0 Å². The number of alkyl halides is 3. The Labute approximate surface area is 120 Å². The SMILES string of the molecule is NC1CCc2cc(-c3ccccc3OC(F)(F)F)ccc21. The van der Waals surface area contributed by atoms with Crippen LogP contribution in [0.1, 0.15) is 23.6 Å². The number of para-hydroxylation sites is 1. The molecule has 0 heterocycles. The molecule has 2 aromatic carbocycles. The maximum Gasteiger partial charge on any atom is 0.573 e. The summed E-state index contributed by atoms with van der Waals surface area (Å²) in [5.41, 5.74) is 9.29. The molecular weight excluding hydrogens is 279 g/mol. The first-order valence-electron chi connectivity index (χ1n) is 6.67. The smallest absolute Gasteiger partial charge is 0.405 e. The molecule has 2 N–H and O–H groups in total. The molecule has 3 rings (SSSR count). The van der Waals surface area contributed by atoms with E-state index < -0.39 is 6.36 Å². The maximum atomic E-state index is 12.5. The van der Waals surface area contributed by atoms with Crippen LogP contribution in [0.4, 0.5) is 13.2 Å². The highest BCUT2D eigenvalue weighted by molar-refractivity contribution is 5.71. The van der Waals surface area contributed by atoms with E-state index in [1.54, 1.807) is 18.2 Å². The Balaban J connectivity index is 2.01. The topological polar surface area (TPSA) is 35.2 Å². The van der Waals surface area contributed by atoms with Gasteiger partial charge in [0.2, 0.25) is 0 Å². The van der Waals surface area contributed by atoms with Crippen molar-refractivity contribution in [1.82, 2.24) is 0 Å². The Bertz CT molecular complexity index is 667. The molecule has 110 valence electrons. The lowest BCUT2D eigenvalue weighted by Crippen LogP contribution is -2.17. The standard InChI is InChI=1S/C16H14F3NO/c17-16(18,19)21-15-4-2-1-3-13(15)11-5-7-12-10(9-11)6-8-14(12)20/h1-5,7,9,14H,6,8,20H2. The summed E-state index contributed by atoms with van der Waals surface area (Å²) >= 11 is 0. The number of halogens is 3. The second kappa shape index (κ2) is 5.07. The second-order valence-electron chi connectivity index (χ2n) is 5.10. The molecule has 5 heteroatoms. The molecule has 2 aromatic rings. The quantitative estimate of drug-likeness (QED) is 0.900. The van der Waals surface area contributed by atoms with Crippen LogP contribution in [0, 0.1) is 0 Å². The predicted molar refractivity (Wildman–Crippen MR) is 73.8 cm³/mol. The molecule has 1 aliphatic carbocycles. The average molecular weight is 293 g/mol. The largest absolute Gasteiger partial charge is 0.573 e. The first-order valence-corrected chi connectivity index (χ1v) is 6.67. The molecule has 0 amide bonds. The molecule has 2 nitrogen and oxygen atoms in total. The van der Waals surface area contributed by atoms with Gasteiger partial charge in [0.05, 0.1) is 0 Å². The summed E-state index contributed by atoms with van der Waals surface area (Å²) in [6.07, 6.45) is -2.97. The average Bonchev–Trinajstić information content (AvgIpc) is 2.79. The fraction of sp³-hybridized carbons (Fsp3) is 0.250. The van der Waals surface area contributed by atoms with Crippen molar-refractivity contribution >= 4 is 0 Å². The van der Waals surface area contributed by atoms with Crippen molar-refractivity contribution in [2.24, 2.45) is 5.73 Å². The van der Waals surface area contributed by atoms with Crippen LogP contribution in [-0.4, -0.2) is 6.36 Å². The van der Waals surface area contributed by atoms with E-state index in [0.717, 1.165) is 24.0 Å². The summed E-state index contributed by atoms with van der Waals surface area (Å²) < 4.78 is 41.5. The van der Waals surface area contributed by atoms with Gasteiger partial charge in [0.1, 0.15) is 5.75 Å². The molecule has 21 heavy (non-hydrogen) atoms. The van der Waals surface area contributed by atoms with E-state index in [1.807, 2.05) is 12.1 Å². The molecule has 1 atom stereocenters. The van der Waals surface area contributed by atoms with Gasteiger partial charge in [0, 0.05) is 11.6 Å². The molecule has 0 saturated carbocycles. The van der Waals surface area contributed by atoms with Gasteiger partial charge in [-0.05, 0) is 35.6 Å². The normalized spacial score (nSPS) is 17.6. The highest BCUT2D eigenvalue weighted by atomic mass is 19.4. The van der Waals surface area contributed by atoms with E-state index in [1.165, 1.54) is 12.1 Å². The van der Waals surface area contributed by atoms with Crippen LogP contribution in [0.2, 0.25) is 0 Å². The van der Waals surface area contributed by atoms with Gasteiger partial charge in [0.15, 0.2) is 0 Å². The number of aryl methyl sites for hydroxylation is 1. The van der Waals surface area contributed by atoms with Gasteiger partial charge in [0.25, 0.3) is 0 Å². The van der Waals surface area contributed by atoms with Gasteiger partial charge < -0.3 is 10.5 Å². The summed E-state index contributed by atoms with van der Waals surface area (Å²) in [4.78, 5) is 0. The van der Waals surface area contributed by atoms with Crippen LogP contribution in [0.15, 0.2) is 42.5 Å². The number of nitrogens with two attached hydrogens (primary N) is 1. The van der Waals surface area contributed by atoms with Crippen LogP contribution in [0.25, 0.3) is 11.1 Å². The Kier molecular flexibility index (Phi) is 3.37. The first-order chi connectivity index (χ1) is 9.94. The predicted octanol–water partition coefficient (Wildman–Crippen LogP) is 4.20. The van der Waals surface area contributed by atoms with E-state index in [-0.39, 0.29) is 11.8 Å². The number of hydrogen-bond donors (Lipinski definition) is 1. The van der Waals surface area contributed by atoms with Gasteiger partial charge >= 0.3 is 6.36 Å². The Hall–Kier alpha value is -2.01. The Morgan fingerprint density at radius 3 is 2.62 bits per heavy atom. The van der Waals surface area contributed by atoms with E-state index in [2.05, 4.69) is 4.74 Å². The minimum absolute atomic E-state index is 0.0238. The summed E-state index contributed by atoms with van der Waals surface area (Å²) in [6.45, 7) is 0. The molecule has 0 aromatic heterocycles. The molecule has 0 aliphatic heterocycles. The van der Waals surface area contributed by atoms with Crippen LogP contribution in [-0.2, 0) is 6.42 Å². The third-order valence-corrected chi connectivity index (χ3v) is 3.69.